The van der Waals surface area contributed by atoms with Gasteiger partial charge < -0.3 is 19.0 Å². The quantitative estimate of drug-likeness (QED) is 0.559. The Labute approximate surface area is 149 Å². The molecule has 1 atom stereocenters. The van der Waals surface area contributed by atoms with Crippen molar-refractivity contribution in [1.29, 1.82) is 0 Å². The zero-order valence-electron chi connectivity index (χ0n) is 14.4. The highest BCUT2D eigenvalue weighted by molar-refractivity contribution is 5.85. The van der Waals surface area contributed by atoms with E-state index in [2.05, 4.69) is 0 Å². The van der Waals surface area contributed by atoms with Gasteiger partial charge in [0.15, 0.2) is 6.10 Å². The number of aryl methyl sites for hydroxylation is 1. The van der Waals surface area contributed by atoms with Crippen LogP contribution in [0.2, 0.25) is 0 Å². The van der Waals surface area contributed by atoms with Crippen LogP contribution in [0.1, 0.15) is 18.1 Å². The molecule has 6 nitrogen and oxygen atoms in total. The van der Waals surface area contributed by atoms with Crippen molar-refractivity contribution in [2.24, 2.45) is 0 Å². The molecule has 0 aliphatic carbocycles. The van der Waals surface area contributed by atoms with Crippen molar-refractivity contribution in [1.82, 2.24) is 0 Å². The molecule has 0 radical (unpaired) electrons. The second-order valence-electron chi connectivity index (χ2n) is 5.86. The number of phenols is 1. The Morgan fingerprint density at radius 2 is 1.92 bits per heavy atom. The minimum absolute atomic E-state index is 0.0275. The normalized spacial score (nSPS) is 11.9. The third-order valence-electron chi connectivity index (χ3n) is 3.98. The van der Waals surface area contributed by atoms with E-state index in [9.17, 15) is 14.7 Å². The molecule has 134 valence electrons. The van der Waals surface area contributed by atoms with Crippen molar-refractivity contribution in [3.8, 4) is 11.5 Å². The van der Waals surface area contributed by atoms with Crippen LogP contribution in [0, 0.1) is 6.92 Å². The van der Waals surface area contributed by atoms with Crippen molar-refractivity contribution in [2.75, 3.05) is 0 Å². The number of para-hydroxylation sites is 1. The molecule has 1 aromatic heterocycles. The van der Waals surface area contributed by atoms with E-state index in [4.69, 9.17) is 13.9 Å². The van der Waals surface area contributed by atoms with Crippen molar-refractivity contribution in [3.63, 3.8) is 0 Å². The molecule has 0 amide bonds. The minimum Gasteiger partial charge on any atom is -0.508 e. The predicted octanol–water partition coefficient (Wildman–Crippen LogP) is 3.32. The number of carbonyl (C=O) groups is 1. The Balaban J connectivity index is 1.76. The summed E-state index contributed by atoms with van der Waals surface area (Å²) in [5.74, 6) is 0.0410. The first-order valence-electron chi connectivity index (χ1n) is 8.09. The second kappa shape index (κ2) is 7.31. The van der Waals surface area contributed by atoms with Gasteiger partial charge in [0, 0.05) is 22.6 Å². The average molecular weight is 354 g/mol. The maximum atomic E-state index is 12.2. The summed E-state index contributed by atoms with van der Waals surface area (Å²) in [6.07, 6.45) is -0.797. The first-order valence-corrected chi connectivity index (χ1v) is 8.09. The number of hydrogen-bond acceptors (Lipinski definition) is 6. The van der Waals surface area contributed by atoms with Gasteiger partial charge in [-0.25, -0.2) is 9.59 Å². The van der Waals surface area contributed by atoms with Gasteiger partial charge in [0.2, 0.25) is 0 Å². The molecular formula is C20H18O6. The molecule has 3 rings (SSSR count). The Hall–Kier alpha value is -3.28. The van der Waals surface area contributed by atoms with E-state index in [0.29, 0.717) is 22.3 Å². The number of ether oxygens (including phenoxy) is 2. The Kier molecular flexibility index (Phi) is 4.93. The molecule has 3 aromatic rings. The highest BCUT2D eigenvalue weighted by Gasteiger charge is 2.18. The van der Waals surface area contributed by atoms with E-state index >= 15 is 0 Å². The second-order valence-corrected chi connectivity index (χ2v) is 5.86. The van der Waals surface area contributed by atoms with Crippen LogP contribution in [0.5, 0.6) is 11.5 Å². The van der Waals surface area contributed by atoms with Crippen LogP contribution in [-0.4, -0.2) is 17.2 Å². The molecule has 2 aromatic carbocycles. The fourth-order valence-electron chi connectivity index (χ4n) is 2.55. The molecule has 0 fully saturated rings. The van der Waals surface area contributed by atoms with Crippen LogP contribution in [0.15, 0.2) is 57.7 Å². The van der Waals surface area contributed by atoms with Gasteiger partial charge in [0.25, 0.3) is 0 Å². The Morgan fingerprint density at radius 1 is 1.19 bits per heavy atom. The standard InChI is InChI=1S/C20H18O6/c1-12-17(21)9-8-16-14(10-18(22)26-19(12)16)11-24-20(23)13(2)25-15-6-4-3-5-7-15/h3-10,13,21H,11H2,1-2H3/t13-/m1/s1. The molecule has 6 heteroatoms. The lowest BCUT2D eigenvalue weighted by molar-refractivity contribution is -0.152. The molecule has 1 N–H and O–H groups in total. The van der Waals surface area contributed by atoms with Crippen LogP contribution < -0.4 is 10.4 Å². The summed E-state index contributed by atoms with van der Waals surface area (Å²) in [7, 11) is 0. The number of esters is 1. The third kappa shape index (κ3) is 3.69. The molecule has 0 unspecified atom stereocenters. The summed E-state index contributed by atoms with van der Waals surface area (Å²) >= 11 is 0. The fraction of sp³-hybridized carbons (Fsp3) is 0.200. The van der Waals surface area contributed by atoms with Gasteiger partial charge in [-0.15, -0.1) is 0 Å². The number of fused-ring (bicyclic) bond motifs is 1. The maximum Gasteiger partial charge on any atom is 0.347 e. The topological polar surface area (TPSA) is 86.0 Å². The lowest BCUT2D eigenvalue weighted by Gasteiger charge is -2.14. The van der Waals surface area contributed by atoms with E-state index < -0.39 is 17.7 Å². The van der Waals surface area contributed by atoms with Crippen molar-refractivity contribution < 1.29 is 23.8 Å². The highest BCUT2D eigenvalue weighted by Crippen LogP contribution is 2.27. The van der Waals surface area contributed by atoms with Crippen LogP contribution in [0.3, 0.4) is 0 Å². The lowest BCUT2D eigenvalue weighted by atomic mass is 10.1. The van der Waals surface area contributed by atoms with Crippen LogP contribution in [0.25, 0.3) is 11.0 Å². The SMILES string of the molecule is Cc1c(O)ccc2c(COC(=O)[C@@H](C)Oc3ccccc3)cc(=O)oc12. The first kappa shape index (κ1) is 17.5. The van der Waals surface area contributed by atoms with Crippen molar-refractivity contribution in [3.05, 3.63) is 70.1 Å². The Morgan fingerprint density at radius 3 is 2.65 bits per heavy atom. The van der Waals surface area contributed by atoms with Gasteiger partial charge in [-0.2, -0.15) is 0 Å². The molecule has 0 bridgehead atoms. The number of aromatic hydroxyl groups is 1. The molecular weight excluding hydrogens is 336 g/mol. The van der Waals surface area contributed by atoms with Crippen molar-refractivity contribution in [2.45, 2.75) is 26.6 Å². The van der Waals surface area contributed by atoms with Crippen LogP contribution >= 0.6 is 0 Å². The summed E-state index contributed by atoms with van der Waals surface area (Å²) in [5.41, 5.74) is 0.649. The van der Waals surface area contributed by atoms with Crippen LogP contribution in [-0.2, 0) is 16.1 Å². The summed E-state index contributed by atoms with van der Waals surface area (Å²) in [4.78, 5) is 23.9. The van der Waals surface area contributed by atoms with E-state index in [1.165, 1.54) is 12.1 Å². The molecule has 0 saturated carbocycles. The van der Waals surface area contributed by atoms with Gasteiger partial charge in [0.05, 0.1) is 0 Å². The molecule has 0 aliphatic heterocycles. The summed E-state index contributed by atoms with van der Waals surface area (Å²) in [6, 6.07) is 13.3. The van der Waals surface area contributed by atoms with E-state index in [1.807, 2.05) is 6.07 Å². The average Bonchev–Trinajstić information content (AvgIpc) is 2.63. The Bertz CT molecular complexity index is 990. The molecule has 1 heterocycles. The fourth-order valence-corrected chi connectivity index (χ4v) is 2.55. The maximum absolute atomic E-state index is 12.2. The van der Waals surface area contributed by atoms with Gasteiger partial charge in [-0.3, -0.25) is 0 Å². The van der Waals surface area contributed by atoms with Crippen molar-refractivity contribution >= 4 is 16.9 Å². The number of hydrogen-bond donors (Lipinski definition) is 1. The minimum atomic E-state index is -0.797. The van der Waals surface area contributed by atoms with Crippen LogP contribution in [0.4, 0.5) is 0 Å². The monoisotopic (exact) mass is 354 g/mol. The van der Waals surface area contributed by atoms with E-state index in [0.717, 1.165) is 0 Å². The number of benzene rings is 2. The zero-order chi connectivity index (χ0) is 18.7. The molecule has 0 aliphatic rings. The zero-order valence-corrected chi connectivity index (χ0v) is 14.4. The smallest absolute Gasteiger partial charge is 0.347 e. The summed E-state index contributed by atoms with van der Waals surface area (Å²) in [6.45, 7) is 3.13. The predicted molar refractivity (Wildman–Crippen MR) is 95.2 cm³/mol. The lowest BCUT2D eigenvalue weighted by Crippen LogP contribution is -2.26. The highest BCUT2D eigenvalue weighted by atomic mass is 16.6. The molecule has 0 saturated heterocycles. The molecule has 26 heavy (non-hydrogen) atoms. The first-order chi connectivity index (χ1) is 12.5. The van der Waals surface area contributed by atoms with Gasteiger partial charge in [-0.1, -0.05) is 18.2 Å². The van der Waals surface area contributed by atoms with Gasteiger partial charge >= 0.3 is 11.6 Å². The van der Waals surface area contributed by atoms with E-state index in [1.54, 1.807) is 44.2 Å². The van der Waals surface area contributed by atoms with E-state index in [-0.39, 0.29) is 17.9 Å². The van der Waals surface area contributed by atoms with Gasteiger partial charge in [-0.05, 0) is 38.1 Å². The third-order valence-corrected chi connectivity index (χ3v) is 3.98. The number of rotatable bonds is 5. The number of phenolic OH excluding ortho intramolecular Hbond substituents is 1. The molecule has 0 spiro atoms. The number of carbonyl (C=O) groups excluding carboxylic acids is 1. The van der Waals surface area contributed by atoms with Gasteiger partial charge in [0.1, 0.15) is 23.7 Å². The largest absolute Gasteiger partial charge is 0.508 e. The summed E-state index contributed by atoms with van der Waals surface area (Å²) < 4.78 is 16.0. The summed E-state index contributed by atoms with van der Waals surface area (Å²) in [5, 5.41) is 10.4.